The highest BCUT2D eigenvalue weighted by molar-refractivity contribution is 7.93. The number of hydrogen-bond donors (Lipinski definition) is 1. The molecule has 1 aromatic heterocycles. The van der Waals surface area contributed by atoms with Gasteiger partial charge in [0.15, 0.2) is 9.84 Å². The highest BCUT2D eigenvalue weighted by Crippen LogP contribution is 2.35. The van der Waals surface area contributed by atoms with E-state index in [0.717, 1.165) is 17.6 Å². The van der Waals surface area contributed by atoms with Crippen molar-refractivity contribution in [2.75, 3.05) is 40.9 Å². The van der Waals surface area contributed by atoms with E-state index in [4.69, 9.17) is 18.9 Å². The molecule has 0 unspecified atom stereocenters. The Morgan fingerprint density at radius 2 is 1.60 bits per heavy atom. The van der Waals surface area contributed by atoms with Crippen LogP contribution in [0.15, 0.2) is 42.0 Å². The molecule has 0 aliphatic carbocycles. The fraction of sp³-hybridized carbons (Fsp3) is 0.261. The molecule has 0 aliphatic heterocycles. The van der Waals surface area contributed by atoms with E-state index < -0.39 is 27.5 Å². The average molecular weight is 507 g/mol. The van der Waals surface area contributed by atoms with E-state index >= 15 is 0 Å². The van der Waals surface area contributed by atoms with E-state index in [1.165, 1.54) is 53.9 Å². The second-order valence-corrected chi connectivity index (χ2v) is 8.69. The van der Waals surface area contributed by atoms with Crippen molar-refractivity contribution in [3.8, 4) is 23.1 Å². The third-order valence-electron chi connectivity index (χ3n) is 4.49. The second-order valence-electron chi connectivity index (χ2n) is 6.80. The van der Waals surface area contributed by atoms with Gasteiger partial charge in [-0.3, -0.25) is 4.79 Å². The number of hydrogen-bond acceptors (Lipinski definition) is 10. The number of ether oxygens (including phenoxy) is 5. The zero-order valence-electron chi connectivity index (χ0n) is 19.9. The van der Waals surface area contributed by atoms with Crippen LogP contribution in [0.3, 0.4) is 0 Å². The summed E-state index contributed by atoms with van der Waals surface area (Å²) in [6, 6.07) is 4.62. The summed E-state index contributed by atoms with van der Waals surface area (Å²) in [6.07, 6.45) is 4.59. The van der Waals surface area contributed by atoms with Crippen molar-refractivity contribution in [3.05, 3.63) is 53.1 Å². The molecule has 0 fully saturated rings. The van der Waals surface area contributed by atoms with E-state index in [1.54, 1.807) is 12.1 Å². The van der Waals surface area contributed by atoms with Crippen LogP contribution in [-0.4, -0.2) is 60.8 Å². The molecule has 12 heteroatoms. The standard InChI is InChI=1S/C23H26N2O9S/c1-30-16-11-19(31-2)17(20(12-16)32-3)8-9-35(28,29)14-15-10-18(23(34-5)24-13-15)25-21(26)6-7-22(27)33-4/h6-13H,14H2,1-5H3,(H,25,26)/b7-6-,9-8+. The van der Waals surface area contributed by atoms with E-state index in [9.17, 15) is 18.0 Å². The minimum Gasteiger partial charge on any atom is -0.496 e. The molecule has 0 saturated heterocycles. The molecule has 188 valence electrons. The number of sulfone groups is 1. The number of nitrogens with zero attached hydrogens (tertiary/aromatic N) is 1. The number of methoxy groups -OCH3 is 5. The van der Waals surface area contributed by atoms with Gasteiger partial charge >= 0.3 is 5.97 Å². The maximum absolute atomic E-state index is 12.8. The molecule has 0 radical (unpaired) electrons. The number of amides is 1. The first-order chi connectivity index (χ1) is 16.7. The predicted octanol–water partition coefficient (Wildman–Crippen LogP) is 2.37. The summed E-state index contributed by atoms with van der Waals surface area (Å²) in [5, 5.41) is 3.52. The van der Waals surface area contributed by atoms with Gasteiger partial charge in [-0.1, -0.05) is 0 Å². The molecule has 1 aromatic carbocycles. The average Bonchev–Trinajstić information content (AvgIpc) is 2.85. The van der Waals surface area contributed by atoms with E-state index in [-0.39, 0.29) is 17.1 Å². The number of benzene rings is 1. The summed E-state index contributed by atoms with van der Waals surface area (Å²) >= 11 is 0. The topological polar surface area (TPSA) is 139 Å². The summed E-state index contributed by atoms with van der Waals surface area (Å²) in [4.78, 5) is 27.3. The largest absolute Gasteiger partial charge is 0.496 e. The molecule has 0 saturated carbocycles. The van der Waals surface area contributed by atoms with Crippen LogP contribution in [0.5, 0.6) is 23.1 Å². The van der Waals surface area contributed by atoms with Crippen molar-refractivity contribution >= 4 is 33.5 Å². The van der Waals surface area contributed by atoms with Gasteiger partial charge in [-0.25, -0.2) is 18.2 Å². The minimum absolute atomic E-state index is 0.0641. The molecule has 2 rings (SSSR count). The Morgan fingerprint density at radius 3 is 2.14 bits per heavy atom. The predicted molar refractivity (Wildman–Crippen MR) is 128 cm³/mol. The van der Waals surface area contributed by atoms with Crippen molar-refractivity contribution in [1.29, 1.82) is 0 Å². The van der Waals surface area contributed by atoms with Gasteiger partial charge < -0.3 is 29.0 Å². The number of carbonyl (C=O) groups is 2. The van der Waals surface area contributed by atoms with Crippen molar-refractivity contribution in [2.45, 2.75) is 5.75 Å². The maximum Gasteiger partial charge on any atom is 0.330 e. The lowest BCUT2D eigenvalue weighted by Crippen LogP contribution is -2.11. The summed E-state index contributed by atoms with van der Waals surface area (Å²) in [5.41, 5.74) is 0.830. The Kier molecular flexibility index (Phi) is 9.64. The van der Waals surface area contributed by atoms with Crippen molar-refractivity contribution in [3.63, 3.8) is 0 Å². The van der Waals surface area contributed by atoms with Gasteiger partial charge in [0.1, 0.15) is 22.9 Å². The molecule has 1 amide bonds. The Labute approximate surface area is 203 Å². The summed E-state index contributed by atoms with van der Waals surface area (Å²) in [6.45, 7) is 0. The molecule has 11 nitrogen and oxygen atoms in total. The van der Waals surface area contributed by atoms with Gasteiger partial charge in [0.25, 0.3) is 0 Å². The highest BCUT2D eigenvalue weighted by atomic mass is 32.2. The fourth-order valence-corrected chi connectivity index (χ4v) is 3.92. The Balaban J connectivity index is 2.29. The summed E-state index contributed by atoms with van der Waals surface area (Å²) in [5.74, 6) is -0.501. The third-order valence-corrected chi connectivity index (χ3v) is 5.78. The van der Waals surface area contributed by atoms with Crippen LogP contribution >= 0.6 is 0 Å². The van der Waals surface area contributed by atoms with Gasteiger partial charge in [0, 0.05) is 35.9 Å². The molecule has 0 bridgehead atoms. The number of nitrogens with one attached hydrogen (secondary N) is 1. The van der Waals surface area contributed by atoms with Gasteiger partial charge in [0.05, 0.1) is 46.9 Å². The molecule has 35 heavy (non-hydrogen) atoms. The Bertz CT molecular complexity index is 1210. The van der Waals surface area contributed by atoms with Crippen molar-refractivity contribution in [1.82, 2.24) is 4.98 Å². The number of carbonyl (C=O) groups excluding carboxylic acids is 2. The first-order valence-electron chi connectivity index (χ1n) is 9.97. The zero-order chi connectivity index (χ0) is 26.0. The molecule has 0 atom stereocenters. The van der Waals surface area contributed by atoms with E-state index in [2.05, 4.69) is 15.0 Å². The maximum atomic E-state index is 12.8. The quantitative estimate of drug-likeness (QED) is 0.357. The number of pyridine rings is 1. The van der Waals surface area contributed by atoms with Crippen LogP contribution < -0.4 is 24.3 Å². The van der Waals surface area contributed by atoms with Crippen LogP contribution in [0.2, 0.25) is 0 Å². The highest BCUT2D eigenvalue weighted by Gasteiger charge is 2.16. The van der Waals surface area contributed by atoms with Crippen LogP contribution in [0.1, 0.15) is 11.1 Å². The number of esters is 1. The molecule has 2 aromatic rings. The minimum atomic E-state index is -3.78. The van der Waals surface area contributed by atoms with Crippen LogP contribution in [0.4, 0.5) is 5.69 Å². The smallest absolute Gasteiger partial charge is 0.330 e. The van der Waals surface area contributed by atoms with Crippen LogP contribution in [0, 0.1) is 0 Å². The Morgan fingerprint density at radius 1 is 0.943 bits per heavy atom. The first kappa shape index (κ1) is 27.2. The normalized spacial score (nSPS) is 11.3. The molecular weight excluding hydrogens is 480 g/mol. The van der Waals surface area contributed by atoms with Crippen molar-refractivity contribution < 1.29 is 41.7 Å². The zero-order valence-corrected chi connectivity index (χ0v) is 20.7. The second kappa shape index (κ2) is 12.4. The van der Waals surface area contributed by atoms with Crippen LogP contribution in [0.25, 0.3) is 6.08 Å². The summed E-state index contributed by atoms with van der Waals surface area (Å²) in [7, 11) is 3.12. The number of aromatic nitrogens is 1. The third kappa shape index (κ3) is 7.74. The lowest BCUT2D eigenvalue weighted by molar-refractivity contribution is -0.135. The number of rotatable bonds is 11. The molecular formula is C23H26N2O9S. The fourth-order valence-electron chi connectivity index (χ4n) is 2.86. The Hall–Kier alpha value is -4.06. The molecule has 1 N–H and O–H groups in total. The van der Waals surface area contributed by atoms with Gasteiger partial charge in [-0.05, 0) is 17.7 Å². The van der Waals surface area contributed by atoms with E-state index in [1.807, 2.05) is 0 Å². The monoisotopic (exact) mass is 506 g/mol. The summed E-state index contributed by atoms with van der Waals surface area (Å²) < 4.78 is 51.0. The molecule has 0 aliphatic rings. The van der Waals surface area contributed by atoms with Crippen LogP contribution in [-0.2, 0) is 29.9 Å². The van der Waals surface area contributed by atoms with Gasteiger partial charge in [-0.2, -0.15) is 0 Å². The lowest BCUT2D eigenvalue weighted by atomic mass is 10.1. The first-order valence-corrected chi connectivity index (χ1v) is 11.7. The SMILES string of the molecule is COC(=O)/C=C\C(=O)Nc1cc(CS(=O)(=O)/C=C/c2c(OC)cc(OC)cc2OC)cnc1OC. The lowest BCUT2D eigenvalue weighted by Gasteiger charge is -2.12. The number of anilines is 1. The van der Waals surface area contributed by atoms with E-state index in [0.29, 0.717) is 22.8 Å². The van der Waals surface area contributed by atoms with Crippen molar-refractivity contribution in [2.24, 2.45) is 0 Å². The molecule has 0 spiro atoms. The van der Waals surface area contributed by atoms with Gasteiger partial charge in [0.2, 0.25) is 11.8 Å². The molecule has 1 heterocycles. The van der Waals surface area contributed by atoms with Gasteiger partial charge in [-0.15, -0.1) is 0 Å².